The molecule has 17 heavy (non-hydrogen) atoms. The van der Waals surface area contributed by atoms with Crippen LogP contribution in [0.15, 0.2) is 22.7 Å². The summed E-state index contributed by atoms with van der Waals surface area (Å²) in [7, 11) is 3.19. The fourth-order valence-corrected chi connectivity index (χ4v) is 1.56. The van der Waals surface area contributed by atoms with Crippen LogP contribution in [-0.2, 0) is 0 Å². The van der Waals surface area contributed by atoms with E-state index in [2.05, 4.69) is 5.16 Å². The van der Waals surface area contributed by atoms with E-state index in [4.69, 9.17) is 19.7 Å². The summed E-state index contributed by atoms with van der Waals surface area (Å²) >= 11 is 0. The second kappa shape index (κ2) is 4.37. The SMILES string of the molecule is COc1cc(OC)cc(-c2onc(N)c2C)c1. The molecule has 0 aliphatic rings. The van der Waals surface area contributed by atoms with Crippen molar-refractivity contribution in [1.29, 1.82) is 0 Å². The normalized spacial score (nSPS) is 10.3. The quantitative estimate of drug-likeness (QED) is 0.881. The molecule has 1 aromatic carbocycles. The van der Waals surface area contributed by atoms with E-state index in [0.29, 0.717) is 23.1 Å². The van der Waals surface area contributed by atoms with Crippen LogP contribution in [0.25, 0.3) is 11.3 Å². The van der Waals surface area contributed by atoms with Crippen molar-refractivity contribution in [2.75, 3.05) is 20.0 Å². The number of anilines is 1. The molecule has 0 atom stereocenters. The van der Waals surface area contributed by atoms with Crippen molar-refractivity contribution in [2.24, 2.45) is 0 Å². The molecule has 5 heteroatoms. The second-order valence-corrected chi connectivity index (χ2v) is 3.62. The lowest BCUT2D eigenvalue weighted by Gasteiger charge is -2.06. The molecular weight excluding hydrogens is 220 g/mol. The van der Waals surface area contributed by atoms with Crippen LogP contribution in [0, 0.1) is 6.92 Å². The van der Waals surface area contributed by atoms with Gasteiger partial charge in [0.15, 0.2) is 11.6 Å². The number of benzene rings is 1. The molecule has 0 spiro atoms. The maximum absolute atomic E-state index is 5.65. The van der Waals surface area contributed by atoms with Gasteiger partial charge in [0.2, 0.25) is 0 Å². The lowest BCUT2D eigenvalue weighted by atomic mass is 10.1. The third-order valence-electron chi connectivity index (χ3n) is 2.57. The lowest BCUT2D eigenvalue weighted by molar-refractivity contribution is 0.393. The standard InChI is InChI=1S/C12H14N2O3/c1-7-11(17-14-12(7)13)8-4-9(15-2)6-10(5-8)16-3/h4-6H,1-3H3,(H2,13,14). The predicted molar refractivity (Wildman–Crippen MR) is 64.2 cm³/mol. The first-order valence-electron chi connectivity index (χ1n) is 5.11. The molecule has 90 valence electrons. The summed E-state index contributed by atoms with van der Waals surface area (Å²) < 4.78 is 15.6. The Balaban J connectivity index is 2.54. The number of hydrogen-bond donors (Lipinski definition) is 1. The fraction of sp³-hybridized carbons (Fsp3) is 0.250. The molecule has 2 N–H and O–H groups in total. The lowest BCUT2D eigenvalue weighted by Crippen LogP contribution is -1.90. The maximum atomic E-state index is 5.65. The molecule has 0 aliphatic heterocycles. The van der Waals surface area contributed by atoms with E-state index in [-0.39, 0.29) is 0 Å². The minimum absolute atomic E-state index is 0.391. The third kappa shape index (κ3) is 2.04. The molecule has 0 unspecified atom stereocenters. The van der Waals surface area contributed by atoms with Gasteiger partial charge < -0.3 is 19.7 Å². The van der Waals surface area contributed by atoms with Crippen LogP contribution < -0.4 is 15.2 Å². The number of hydrogen-bond acceptors (Lipinski definition) is 5. The van der Waals surface area contributed by atoms with Gasteiger partial charge in [-0.2, -0.15) is 0 Å². The van der Waals surface area contributed by atoms with Crippen molar-refractivity contribution in [3.63, 3.8) is 0 Å². The molecule has 0 bridgehead atoms. The van der Waals surface area contributed by atoms with E-state index in [9.17, 15) is 0 Å². The molecular formula is C12H14N2O3. The number of methoxy groups -OCH3 is 2. The first-order valence-corrected chi connectivity index (χ1v) is 5.11. The smallest absolute Gasteiger partial charge is 0.172 e. The summed E-state index contributed by atoms with van der Waals surface area (Å²) in [6.07, 6.45) is 0. The Kier molecular flexibility index (Phi) is 2.91. The molecule has 2 rings (SSSR count). The summed E-state index contributed by atoms with van der Waals surface area (Å²) in [5.41, 5.74) is 7.28. The Hall–Kier alpha value is -2.17. The minimum atomic E-state index is 0.391. The highest BCUT2D eigenvalue weighted by molar-refractivity contribution is 5.68. The van der Waals surface area contributed by atoms with Crippen LogP contribution in [0.2, 0.25) is 0 Å². The Morgan fingerprint density at radius 2 is 1.71 bits per heavy atom. The van der Waals surface area contributed by atoms with Gasteiger partial charge in [-0.1, -0.05) is 5.16 Å². The van der Waals surface area contributed by atoms with Crippen LogP contribution >= 0.6 is 0 Å². The molecule has 2 aromatic rings. The Morgan fingerprint density at radius 1 is 1.12 bits per heavy atom. The van der Waals surface area contributed by atoms with E-state index < -0.39 is 0 Å². The molecule has 0 saturated carbocycles. The van der Waals surface area contributed by atoms with Gasteiger partial charge in [-0.25, -0.2) is 0 Å². The molecule has 1 aromatic heterocycles. The van der Waals surface area contributed by atoms with E-state index in [1.165, 1.54) is 0 Å². The van der Waals surface area contributed by atoms with E-state index in [0.717, 1.165) is 11.1 Å². The molecule has 5 nitrogen and oxygen atoms in total. The first-order chi connectivity index (χ1) is 8.15. The van der Waals surface area contributed by atoms with E-state index in [1.807, 2.05) is 19.1 Å². The number of ether oxygens (including phenoxy) is 2. The molecule has 0 saturated heterocycles. The molecule has 0 aliphatic carbocycles. The van der Waals surface area contributed by atoms with Gasteiger partial charge in [-0.3, -0.25) is 0 Å². The van der Waals surface area contributed by atoms with Crippen molar-refractivity contribution in [3.8, 4) is 22.8 Å². The minimum Gasteiger partial charge on any atom is -0.497 e. The summed E-state index contributed by atoms with van der Waals surface area (Å²) in [6, 6.07) is 5.48. The van der Waals surface area contributed by atoms with Gasteiger partial charge >= 0.3 is 0 Å². The largest absolute Gasteiger partial charge is 0.497 e. The molecule has 0 radical (unpaired) electrons. The van der Waals surface area contributed by atoms with Gasteiger partial charge in [-0.05, 0) is 19.1 Å². The van der Waals surface area contributed by atoms with Crippen molar-refractivity contribution >= 4 is 5.82 Å². The topological polar surface area (TPSA) is 70.5 Å². The van der Waals surface area contributed by atoms with Crippen molar-refractivity contribution in [1.82, 2.24) is 5.16 Å². The zero-order valence-electron chi connectivity index (χ0n) is 9.98. The van der Waals surface area contributed by atoms with E-state index in [1.54, 1.807) is 20.3 Å². The zero-order chi connectivity index (χ0) is 12.4. The predicted octanol–water partition coefficient (Wildman–Crippen LogP) is 2.25. The average molecular weight is 234 g/mol. The van der Waals surface area contributed by atoms with Crippen LogP contribution in [0.1, 0.15) is 5.56 Å². The van der Waals surface area contributed by atoms with Crippen molar-refractivity contribution in [2.45, 2.75) is 6.92 Å². The van der Waals surface area contributed by atoms with Crippen LogP contribution in [0.5, 0.6) is 11.5 Å². The zero-order valence-corrected chi connectivity index (χ0v) is 9.98. The number of nitrogens with zero attached hydrogens (tertiary/aromatic N) is 1. The number of nitrogens with two attached hydrogens (primary N) is 1. The highest BCUT2D eigenvalue weighted by Crippen LogP contribution is 2.33. The molecule has 0 fully saturated rings. The van der Waals surface area contributed by atoms with Gasteiger partial charge in [-0.15, -0.1) is 0 Å². The summed E-state index contributed by atoms with van der Waals surface area (Å²) in [5.74, 6) is 2.39. The van der Waals surface area contributed by atoms with Gasteiger partial charge in [0.1, 0.15) is 11.5 Å². The Morgan fingerprint density at radius 3 is 2.12 bits per heavy atom. The number of rotatable bonds is 3. The van der Waals surface area contributed by atoms with E-state index >= 15 is 0 Å². The van der Waals surface area contributed by atoms with Crippen LogP contribution in [-0.4, -0.2) is 19.4 Å². The van der Waals surface area contributed by atoms with Crippen LogP contribution in [0.3, 0.4) is 0 Å². The number of nitrogen functional groups attached to an aromatic ring is 1. The van der Waals surface area contributed by atoms with Crippen LogP contribution in [0.4, 0.5) is 5.82 Å². The fourth-order valence-electron chi connectivity index (χ4n) is 1.56. The highest BCUT2D eigenvalue weighted by Gasteiger charge is 2.13. The second-order valence-electron chi connectivity index (χ2n) is 3.62. The highest BCUT2D eigenvalue weighted by atomic mass is 16.5. The monoisotopic (exact) mass is 234 g/mol. The molecule has 0 amide bonds. The van der Waals surface area contributed by atoms with Gasteiger partial charge in [0, 0.05) is 17.2 Å². The summed E-state index contributed by atoms with van der Waals surface area (Å²) in [6.45, 7) is 1.85. The first kappa shape index (κ1) is 11.3. The summed E-state index contributed by atoms with van der Waals surface area (Å²) in [4.78, 5) is 0. The Labute approximate surface area is 99.1 Å². The van der Waals surface area contributed by atoms with Gasteiger partial charge in [0.05, 0.1) is 14.2 Å². The summed E-state index contributed by atoms with van der Waals surface area (Å²) in [5, 5.41) is 3.72. The Bertz CT molecular complexity index is 512. The molecule has 1 heterocycles. The maximum Gasteiger partial charge on any atom is 0.172 e. The van der Waals surface area contributed by atoms with Gasteiger partial charge in [0.25, 0.3) is 0 Å². The third-order valence-corrected chi connectivity index (χ3v) is 2.57. The van der Waals surface area contributed by atoms with Crippen molar-refractivity contribution in [3.05, 3.63) is 23.8 Å². The number of aromatic nitrogens is 1. The average Bonchev–Trinajstić information content (AvgIpc) is 2.69. The van der Waals surface area contributed by atoms with Crippen molar-refractivity contribution < 1.29 is 14.0 Å².